The van der Waals surface area contributed by atoms with E-state index in [4.69, 9.17) is 22.7 Å². The first-order valence-corrected chi connectivity index (χ1v) is 6.04. The lowest BCUT2D eigenvalue weighted by atomic mass is 10.1. The lowest BCUT2D eigenvalue weighted by Gasteiger charge is -2.20. The zero-order valence-electron chi connectivity index (χ0n) is 10.6. The zero-order chi connectivity index (χ0) is 12.8. The molecule has 0 radical (unpaired) electrons. The predicted octanol–water partition coefficient (Wildman–Crippen LogP) is 1.79. The Balaban J connectivity index is 2.62. The molecule has 2 N–H and O–H groups in total. The van der Waals surface area contributed by atoms with Crippen molar-refractivity contribution in [3.05, 3.63) is 35.4 Å². The molecule has 0 heterocycles. The molecule has 17 heavy (non-hydrogen) atoms. The molecule has 94 valence electrons. The van der Waals surface area contributed by atoms with Gasteiger partial charge in [0.1, 0.15) is 4.99 Å². The number of benzene rings is 1. The van der Waals surface area contributed by atoms with Crippen LogP contribution >= 0.6 is 12.2 Å². The van der Waals surface area contributed by atoms with Gasteiger partial charge in [-0.05, 0) is 25.6 Å². The van der Waals surface area contributed by atoms with Crippen molar-refractivity contribution in [1.82, 2.24) is 4.90 Å². The average molecular weight is 252 g/mol. The Morgan fingerprint density at radius 1 is 1.53 bits per heavy atom. The molecule has 0 aliphatic carbocycles. The summed E-state index contributed by atoms with van der Waals surface area (Å²) in [5, 5.41) is 0. The summed E-state index contributed by atoms with van der Waals surface area (Å²) in [4.78, 5) is 2.66. The molecule has 4 heteroatoms. The summed E-state index contributed by atoms with van der Waals surface area (Å²) in [6, 6.07) is 8.03. The van der Waals surface area contributed by atoms with Crippen molar-refractivity contribution in [3.8, 4) is 0 Å². The van der Waals surface area contributed by atoms with Crippen molar-refractivity contribution in [1.29, 1.82) is 0 Å². The molecule has 1 atom stereocenters. The molecular formula is C13H20N2OS. The van der Waals surface area contributed by atoms with Gasteiger partial charge < -0.3 is 10.5 Å². The lowest BCUT2D eigenvalue weighted by molar-refractivity contribution is 0.0837. The SMILES string of the molecule is COC(C)CN(C)Cc1cccc(C(N)=S)c1. The fourth-order valence-corrected chi connectivity index (χ4v) is 1.84. The molecule has 0 bridgehead atoms. The maximum Gasteiger partial charge on any atom is 0.103 e. The van der Waals surface area contributed by atoms with E-state index in [1.165, 1.54) is 5.56 Å². The first kappa shape index (κ1) is 14.1. The van der Waals surface area contributed by atoms with Gasteiger partial charge in [-0.15, -0.1) is 0 Å². The molecule has 3 nitrogen and oxygen atoms in total. The fraction of sp³-hybridized carbons (Fsp3) is 0.462. The van der Waals surface area contributed by atoms with Crippen LogP contribution in [0, 0.1) is 0 Å². The number of ether oxygens (including phenoxy) is 1. The van der Waals surface area contributed by atoms with Gasteiger partial charge in [-0.1, -0.05) is 30.4 Å². The minimum Gasteiger partial charge on any atom is -0.389 e. The van der Waals surface area contributed by atoms with Gasteiger partial charge in [0.25, 0.3) is 0 Å². The third kappa shape index (κ3) is 4.81. The number of methoxy groups -OCH3 is 1. The number of hydrogen-bond acceptors (Lipinski definition) is 3. The molecule has 0 aliphatic heterocycles. The van der Waals surface area contributed by atoms with E-state index in [0.29, 0.717) is 4.99 Å². The van der Waals surface area contributed by atoms with Crippen LogP contribution in [0.4, 0.5) is 0 Å². The molecule has 1 aromatic rings. The summed E-state index contributed by atoms with van der Waals surface area (Å²) in [7, 11) is 3.80. The predicted molar refractivity (Wildman–Crippen MR) is 75.1 cm³/mol. The molecular weight excluding hydrogens is 232 g/mol. The van der Waals surface area contributed by atoms with E-state index in [9.17, 15) is 0 Å². The normalized spacial score (nSPS) is 12.7. The maximum atomic E-state index is 5.61. The van der Waals surface area contributed by atoms with Gasteiger partial charge in [-0.25, -0.2) is 0 Å². The Bertz CT molecular complexity index is 381. The van der Waals surface area contributed by atoms with E-state index in [0.717, 1.165) is 18.7 Å². The molecule has 0 saturated carbocycles. The smallest absolute Gasteiger partial charge is 0.103 e. The van der Waals surface area contributed by atoms with Crippen LogP contribution in [-0.2, 0) is 11.3 Å². The molecule has 0 fully saturated rings. The Morgan fingerprint density at radius 2 is 2.24 bits per heavy atom. The first-order chi connectivity index (χ1) is 8.02. The van der Waals surface area contributed by atoms with Crippen molar-refractivity contribution in [3.63, 3.8) is 0 Å². The molecule has 1 unspecified atom stereocenters. The van der Waals surface area contributed by atoms with Crippen LogP contribution < -0.4 is 5.73 Å². The van der Waals surface area contributed by atoms with E-state index >= 15 is 0 Å². The Hall–Kier alpha value is -0.970. The lowest BCUT2D eigenvalue weighted by Crippen LogP contribution is -2.28. The van der Waals surface area contributed by atoms with Gasteiger partial charge in [-0.2, -0.15) is 0 Å². The van der Waals surface area contributed by atoms with Crippen LogP contribution in [0.1, 0.15) is 18.1 Å². The summed E-state index contributed by atoms with van der Waals surface area (Å²) in [6.07, 6.45) is 0.235. The van der Waals surface area contributed by atoms with Gasteiger partial charge in [0, 0.05) is 25.8 Å². The molecule has 0 aromatic heterocycles. The first-order valence-electron chi connectivity index (χ1n) is 5.63. The van der Waals surface area contributed by atoms with Crippen LogP contribution in [-0.4, -0.2) is 36.7 Å². The standard InChI is InChI=1S/C13H20N2OS/c1-10(16-3)8-15(2)9-11-5-4-6-12(7-11)13(14)17/h4-7,10H,8-9H2,1-3H3,(H2,14,17). The highest BCUT2D eigenvalue weighted by Crippen LogP contribution is 2.08. The average Bonchev–Trinajstić information content (AvgIpc) is 2.28. The van der Waals surface area contributed by atoms with Crippen molar-refractivity contribution in [2.75, 3.05) is 20.7 Å². The highest BCUT2D eigenvalue weighted by molar-refractivity contribution is 7.80. The van der Waals surface area contributed by atoms with E-state index < -0.39 is 0 Å². The summed E-state index contributed by atoms with van der Waals surface area (Å²) in [5.41, 5.74) is 7.74. The highest BCUT2D eigenvalue weighted by atomic mass is 32.1. The van der Waals surface area contributed by atoms with Crippen LogP contribution in [0.15, 0.2) is 24.3 Å². The topological polar surface area (TPSA) is 38.5 Å². The molecule has 0 aliphatic rings. The summed E-state index contributed by atoms with van der Waals surface area (Å²) in [6.45, 7) is 3.82. The van der Waals surface area contributed by atoms with E-state index in [1.807, 2.05) is 18.2 Å². The third-order valence-corrected chi connectivity index (χ3v) is 2.87. The number of nitrogens with zero attached hydrogens (tertiary/aromatic N) is 1. The second kappa shape index (κ2) is 6.69. The maximum absolute atomic E-state index is 5.61. The van der Waals surface area contributed by atoms with Crippen molar-refractivity contribution in [2.45, 2.75) is 19.6 Å². The Labute approximate surface area is 109 Å². The third-order valence-electron chi connectivity index (χ3n) is 2.64. The number of thiocarbonyl (C=S) groups is 1. The Kier molecular flexibility index (Phi) is 5.55. The number of nitrogens with two attached hydrogens (primary N) is 1. The highest BCUT2D eigenvalue weighted by Gasteiger charge is 2.06. The van der Waals surface area contributed by atoms with Crippen LogP contribution in [0.2, 0.25) is 0 Å². The summed E-state index contributed by atoms with van der Waals surface area (Å²) in [5.74, 6) is 0. The van der Waals surface area contributed by atoms with Crippen molar-refractivity contribution < 1.29 is 4.74 Å². The van der Waals surface area contributed by atoms with Crippen molar-refractivity contribution >= 4 is 17.2 Å². The summed E-state index contributed by atoms with van der Waals surface area (Å²) < 4.78 is 5.24. The molecule has 1 aromatic carbocycles. The van der Waals surface area contributed by atoms with Crippen LogP contribution in [0.25, 0.3) is 0 Å². The molecule has 0 amide bonds. The van der Waals surface area contributed by atoms with Gasteiger partial charge in [0.05, 0.1) is 6.10 Å². The second-order valence-electron chi connectivity index (χ2n) is 4.31. The second-order valence-corrected chi connectivity index (χ2v) is 4.75. The minimum atomic E-state index is 0.235. The largest absolute Gasteiger partial charge is 0.389 e. The zero-order valence-corrected chi connectivity index (χ0v) is 11.5. The Morgan fingerprint density at radius 3 is 2.82 bits per heavy atom. The van der Waals surface area contributed by atoms with Crippen LogP contribution in [0.3, 0.4) is 0 Å². The number of likely N-dealkylation sites (N-methyl/N-ethyl adjacent to an activating group) is 1. The monoisotopic (exact) mass is 252 g/mol. The van der Waals surface area contributed by atoms with E-state index in [2.05, 4.69) is 24.9 Å². The van der Waals surface area contributed by atoms with Crippen LogP contribution in [0.5, 0.6) is 0 Å². The van der Waals surface area contributed by atoms with Gasteiger partial charge >= 0.3 is 0 Å². The van der Waals surface area contributed by atoms with E-state index in [-0.39, 0.29) is 6.10 Å². The van der Waals surface area contributed by atoms with E-state index in [1.54, 1.807) is 7.11 Å². The molecule has 0 spiro atoms. The quantitative estimate of drug-likeness (QED) is 0.783. The fourth-order valence-electron chi connectivity index (χ4n) is 1.71. The van der Waals surface area contributed by atoms with Gasteiger partial charge in [0.15, 0.2) is 0 Å². The minimum absolute atomic E-state index is 0.235. The molecule has 0 saturated heterocycles. The molecule has 1 rings (SSSR count). The number of rotatable bonds is 6. The number of hydrogen-bond donors (Lipinski definition) is 1. The summed E-state index contributed by atoms with van der Waals surface area (Å²) >= 11 is 4.97. The van der Waals surface area contributed by atoms with Gasteiger partial charge in [0.2, 0.25) is 0 Å². The van der Waals surface area contributed by atoms with Gasteiger partial charge in [-0.3, -0.25) is 4.90 Å². The van der Waals surface area contributed by atoms with Crippen molar-refractivity contribution in [2.24, 2.45) is 5.73 Å².